The van der Waals surface area contributed by atoms with Crippen LogP contribution in [-0.4, -0.2) is 54.9 Å². The van der Waals surface area contributed by atoms with Crippen LogP contribution in [0.2, 0.25) is 0 Å². The Morgan fingerprint density at radius 2 is 2.25 bits per heavy atom. The summed E-state index contributed by atoms with van der Waals surface area (Å²) in [5, 5.41) is 1.11. The van der Waals surface area contributed by atoms with Gasteiger partial charge in [-0.15, -0.1) is 0 Å². The Bertz CT molecular complexity index is 128. The second-order valence-corrected chi connectivity index (χ2v) is 4.58. The minimum Gasteiger partial charge on any atom is -0.308 e. The molecule has 0 radical (unpaired) electrons. The van der Waals surface area contributed by atoms with Crippen LogP contribution in [0.3, 0.4) is 0 Å². The number of hydrogen-bond acceptors (Lipinski definition) is 2. The van der Waals surface area contributed by atoms with E-state index < -0.39 is 0 Å². The molecule has 12 heavy (non-hydrogen) atoms. The summed E-state index contributed by atoms with van der Waals surface area (Å²) in [6.45, 7) is 3.72. The molecule has 0 aromatic carbocycles. The highest BCUT2D eigenvalue weighted by Crippen LogP contribution is 2.17. The number of halogens is 1. The van der Waals surface area contributed by atoms with Crippen LogP contribution in [0.25, 0.3) is 0 Å². The number of hydrogen-bond donors (Lipinski definition) is 0. The van der Waals surface area contributed by atoms with Crippen molar-refractivity contribution in [3.05, 3.63) is 0 Å². The van der Waals surface area contributed by atoms with Gasteiger partial charge in [-0.25, -0.2) is 0 Å². The van der Waals surface area contributed by atoms with Crippen molar-refractivity contribution in [1.82, 2.24) is 9.80 Å². The lowest BCUT2D eigenvalue weighted by Gasteiger charge is -2.26. The predicted molar refractivity (Wildman–Crippen MR) is 56.9 cm³/mol. The summed E-state index contributed by atoms with van der Waals surface area (Å²) in [6.07, 6.45) is 2.76. The number of likely N-dealkylation sites (tertiary alicyclic amines) is 1. The van der Waals surface area contributed by atoms with Crippen molar-refractivity contribution >= 4 is 15.9 Å². The molecule has 0 amide bonds. The molecule has 72 valence electrons. The van der Waals surface area contributed by atoms with Crippen LogP contribution in [0.4, 0.5) is 0 Å². The molecule has 1 fully saturated rings. The number of rotatable bonds is 4. The van der Waals surface area contributed by atoms with Crippen LogP contribution < -0.4 is 0 Å². The first-order chi connectivity index (χ1) is 5.74. The van der Waals surface area contributed by atoms with Crippen molar-refractivity contribution < 1.29 is 0 Å². The van der Waals surface area contributed by atoms with Gasteiger partial charge in [-0.2, -0.15) is 0 Å². The highest BCUT2D eigenvalue weighted by Gasteiger charge is 2.23. The first-order valence-corrected chi connectivity index (χ1v) is 5.81. The molecule has 0 bridgehead atoms. The minimum absolute atomic E-state index is 0.803. The fraction of sp³-hybridized carbons (Fsp3) is 1.00. The summed E-state index contributed by atoms with van der Waals surface area (Å²) in [5.74, 6) is 0. The first-order valence-electron chi connectivity index (χ1n) is 4.69. The number of alkyl halides is 1. The van der Waals surface area contributed by atoms with E-state index in [0.29, 0.717) is 0 Å². The SMILES string of the molecule is CN(C)CC1CCCN1CCBr. The van der Waals surface area contributed by atoms with E-state index in [9.17, 15) is 0 Å². The third kappa shape index (κ3) is 3.04. The van der Waals surface area contributed by atoms with Crippen molar-refractivity contribution in [2.75, 3.05) is 39.1 Å². The second-order valence-electron chi connectivity index (χ2n) is 3.78. The van der Waals surface area contributed by atoms with Gasteiger partial charge in [-0.1, -0.05) is 15.9 Å². The summed E-state index contributed by atoms with van der Waals surface area (Å²) in [4.78, 5) is 4.88. The molecule has 0 N–H and O–H groups in total. The molecule has 0 spiro atoms. The second kappa shape index (κ2) is 5.20. The molecule has 3 heteroatoms. The summed E-state index contributed by atoms with van der Waals surface area (Å²) < 4.78 is 0. The Morgan fingerprint density at radius 3 is 2.83 bits per heavy atom. The van der Waals surface area contributed by atoms with Crippen molar-refractivity contribution in [3.8, 4) is 0 Å². The smallest absolute Gasteiger partial charge is 0.0223 e. The molecule has 1 rings (SSSR count). The maximum Gasteiger partial charge on any atom is 0.0223 e. The maximum absolute atomic E-state index is 3.50. The molecule has 0 aliphatic carbocycles. The molecule has 2 nitrogen and oxygen atoms in total. The van der Waals surface area contributed by atoms with E-state index in [1.807, 2.05) is 0 Å². The van der Waals surface area contributed by atoms with E-state index in [0.717, 1.165) is 11.4 Å². The van der Waals surface area contributed by atoms with Crippen molar-refractivity contribution in [2.45, 2.75) is 18.9 Å². The van der Waals surface area contributed by atoms with Gasteiger partial charge in [-0.05, 0) is 33.5 Å². The van der Waals surface area contributed by atoms with E-state index >= 15 is 0 Å². The molecular formula is C9H19BrN2. The third-order valence-corrected chi connectivity index (χ3v) is 2.80. The van der Waals surface area contributed by atoms with Gasteiger partial charge in [0.2, 0.25) is 0 Å². The highest BCUT2D eigenvalue weighted by atomic mass is 79.9. The van der Waals surface area contributed by atoms with Gasteiger partial charge in [0.15, 0.2) is 0 Å². The zero-order valence-electron chi connectivity index (χ0n) is 8.09. The Kier molecular flexibility index (Phi) is 4.54. The summed E-state index contributed by atoms with van der Waals surface area (Å²) in [5.41, 5.74) is 0. The standard InChI is InChI=1S/C9H19BrN2/c1-11(2)8-9-4-3-6-12(9)7-5-10/h9H,3-8H2,1-2H3. The monoisotopic (exact) mass is 234 g/mol. The molecule has 1 atom stereocenters. The van der Waals surface area contributed by atoms with Gasteiger partial charge >= 0.3 is 0 Å². The molecular weight excluding hydrogens is 216 g/mol. The molecule has 1 unspecified atom stereocenters. The fourth-order valence-corrected chi connectivity index (χ4v) is 2.38. The normalized spacial score (nSPS) is 25.5. The van der Waals surface area contributed by atoms with Crippen LogP contribution in [-0.2, 0) is 0 Å². The van der Waals surface area contributed by atoms with E-state index in [4.69, 9.17) is 0 Å². The van der Waals surface area contributed by atoms with Gasteiger partial charge in [-0.3, -0.25) is 4.90 Å². The Morgan fingerprint density at radius 1 is 1.50 bits per heavy atom. The average molecular weight is 235 g/mol. The van der Waals surface area contributed by atoms with Crippen molar-refractivity contribution in [1.29, 1.82) is 0 Å². The lowest BCUT2D eigenvalue weighted by atomic mass is 10.2. The van der Waals surface area contributed by atoms with Gasteiger partial charge in [0, 0.05) is 24.5 Å². The zero-order valence-corrected chi connectivity index (χ0v) is 9.68. The molecule has 1 saturated heterocycles. The predicted octanol–water partition coefficient (Wildman–Crippen LogP) is 1.41. The average Bonchev–Trinajstić information content (AvgIpc) is 2.37. The Hall–Kier alpha value is 0.400. The highest BCUT2D eigenvalue weighted by molar-refractivity contribution is 9.09. The maximum atomic E-state index is 3.50. The van der Waals surface area contributed by atoms with E-state index in [-0.39, 0.29) is 0 Å². The van der Waals surface area contributed by atoms with Crippen molar-refractivity contribution in [2.24, 2.45) is 0 Å². The van der Waals surface area contributed by atoms with Gasteiger partial charge in [0.25, 0.3) is 0 Å². The molecule has 1 aliphatic heterocycles. The van der Waals surface area contributed by atoms with Crippen LogP contribution in [0.1, 0.15) is 12.8 Å². The van der Waals surface area contributed by atoms with E-state index in [2.05, 4.69) is 39.8 Å². The summed E-state index contributed by atoms with van der Waals surface area (Å²) in [7, 11) is 4.31. The lowest BCUT2D eigenvalue weighted by Crippen LogP contribution is -2.38. The first kappa shape index (κ1) is 10.5. The number of nitrogens with zero attached hydrogens (tertiary/aromatic N) is 2. The summed E-state index contributed by atoms with van der Waals surface area (Å²) >= 11 is 3.50. The van der Waals surface area contributed by atoms with Crippen molar-refractivity contribution in [3.63, 3.8) is 0 Å². The fourth-order valence-electron chi connectivity index (χ4n) is 1.93. The zero-order chi connectivity index (χ0) is 8.97. The van der Waals surface area contributed by atoms with Crippen LogP contribution in [0.5, 0.6) is 0 Å². The number of likely N-dealkylation sites (N-methyl/N-ethyl adjacent to an activating group) is 1. The molecule has 1 heterocycles. The molecule has 0 saturated carbocycles. The molecule has 1 aliphatic rings. The van der Waals surface area contributed by atoms with Crippen LogP contribution in [0.15, 0.2) is 0 Å². The van der Waals surface area contributed by atoms with Crippen LogP contribution in [0, 0.1) is 0 Å². The quantitative estimate of drug-likeness (QED) is 0.680. The summed E-state index contributed by atoms with van der Waals surface area (Å²) in [6, 6.07) is 0.803. The van der Waals surface area contributed by atoms with Gasteiger partial charge < -0.3 is 4.90 Å². The Balaban J connectivity index is 2.30. The molecule has 0 aromatic heterocycles. The van der Waals surface area contributed by atoms with E-state index in [1.165, 1.54) is 32.5 Å². The Labute approximate surface area is 84.0 Å². The lowest BCUT2D eigenvalue weighted by molar-refractivity contribution is 0.218. The van der Waals surface area contributed by atoms with E-state index in [1.54, 1.807) is 0 Å². The third-order valence-electron chi connectivity index (χ3n) is 2.45. The largest absolute Gasteiger partial charge is 0.308 e. The topological polar surface area (TPSA) is 6.48 Å². The molecule has 0 aromatic rings. The van der Waals surface area contributed by atoms with Gasteiger partial charge in [0.1, 0.15) is 0 Å². The van der Waals surface area contributed by atoms with Gasteiger partial charge in [0.05, 0.1) is 0 Å². The minimum atomic E-state index is 0.803. The van der Waals surface area contributed by atoms with Crippen LogP contribution >= 0.6 is 15.9 Å².